The first-order valence-corrected chi connectivity index (χ1v) is 5.18. The van der Waals surface area contributed by atoms with Crippen LogP contribution in [0.15, 0.2) is 24.3 Å². The van der Waals surface area contributed by atoms with Gasteiger partial charge in [-0.2, -0.15) is 0 Å². The summed E-state index contributed by atoms with van der Waals surface area (Å²) < 4.78 is 11.7. The number of para-hydroxylation sites is 1. The highest BCUT2D eigenvalue weighted by molar-refractivity contribution is 5.38. The molecule has 2 aliphatic rings. The van der Waals surface area contributed by atoms with Crippen molar-refractivity contribution in [1.29, 1.82) is 0 Å². The van der Waals surface area contributed by atoms with Crippen molar-refractivity contribution in [2.75, 3.05) is 6.61 Å². The zero-order chi connectivity index (χ0) is 9.60. The van der Waals surface area contributed by atoms with Crippen molar-refractivity contribution >= 4 is 0 Å². The van der Waals surface area contributed by atoms with E-state index >= 15 is 0 Å². The van der Waals surface area contributed by atoms with E-state index in [0.717, 1.165) is 25.2 Å². The fourth-order valence-corrected chi connectivity index (χ4v) is 2.41. The summed E-state index contributed by atoms with van der Waals surface area (Å²) in [7, 11) is 0. The van der Waals surface area contributed by atoms with Crippen molar-refractivity contribution in [2.45, 2.75) is 25.6 Å². The highest BCUT2D eigenvalue weighted by atomic mass is 16.7. The summed E-state index contributed by atoms with van der Waals surface area (Å²) in [6, 6.07) is 8.21. The number of fused-ring (bicyclic) bond motifs is 1. The maximum atomic E-state index is 5.90. The molecule has 0 aliphatic carbocycles. The fraction of sp³-hybridized carbons (Fsp3) is 0.500. The fourth-order valence-electron chi connectivity index (χ4n) is 2.41. The standard InChI is InChI=1S/C12H14O2/c1-9-6-12(13-8-9)7-10-4-2-3-5-11(10)14-12/h2-5,9H,6-8H2,1H3/t9-,12+/m0/s1. The quantitative estimate of drug-likeness (QED) is 0.625. The molecule has 0 amide bonds. The molecule has 14 heavy (non-hydrogen) atoms. The lowest BCUT2D eigenvalue weighted by Crippen LogP contribution is -2.33. The average molecular weight is 190 g/mol. The first-order valence-electron chi connectivity index (χ1n) is 5.18. The lowest BCUT2D eigenvalue weighted by atomic mass is 10.0. The van der Waals surface area contributed by atoms with Crippen LogP contribution in [0, 0.1) is 5.92 Å². The second kappa shape index (κ2) is 2.74. The number of hydrogen-bond donors (Lipinski definition) is 0. The normalized spacial score (nSPS) is 34.5. The summed E-state index contributed by atoms with van der Waals surface area (Å²) >= 11 is 0. The van der Waals surface area contributed by atoms with Crippen LogP contribution < -0.4 is 4.74 Å². The van der Waals surface area contributed by atoms with E-state index in [4.69, 9.17) is 9.47 Å². The van der Waals surface area contributed by atoms with E-state index in [0.29, 0.717) is 5.92 Å². The Morgan fingerprint density at radius 2 is 2.21 bits per heavy atom. The van der Waals surface area contributed by atoms with E-state index in [1.165, 1.54) is 5.56 Å². The monoisotopic (exact) mass is 190 g/mol. The van der Waals surface area contributed by atoms with Crippen LogP contribution in [-0.2, 0) is 11.2 Å². The Kier molecular flexibility index (Phi) is 1.62. The lowest BCUT2D eigenvalue weighted by molar-refractivity contribution is -0.134. The Hall–Kier alpha value is -1.02. The Bertz CT molecular complexity index is 334. The minimum atomic E-state index is -0.330. The molecule has 0 N–H and O–H groups in total. The zero-order valence-corrected chi connectivity index (χ0v) is 8.32. The predicted molar refractivity (Wildman–Crippen MR) is 53.2 cm³/mol. The third kappa shape index (κ3) is 1.14. The van der Waals surface area contributed by atoms with Gasteiger partial charge in [0.05, 0.1) is 6.61 Å². The Labute approximate surface area is 83.8 Å². The first kappa shape index (κ1) is 8.30. The third-order valence-electron chi connectivity index (χ3n) is 3.02. The number of benzene rings is 1. The molecular formula is C12H14O2. The van der Waals surface area contributed by atoms with Crippen molar-refractivity contribution in [3.05, 3.63) is 29.8 Å². The topological polar surface area (TPSA) is 18.5 Å². The molecule has 0 saturated carbocycles. The molecule has 2 nitrogen and oxygen atoms in total. The lowest BCUT2D eigenvalue weighted by Gasteiger charge is -2.21. The molecule has 1 saturated heterocycles. The largest absolute Gasteiger partial charge is 0.462 e. The summed E-state index contributed by atoms with van der Waals surface area (Å²) in [5.74, 6) is 1.29. The van der Waals surface area contributed by atoms with Gasteiger partial charge in [0.25, 0.3) is 0 Å². The molecule has 0 radical (unpaired) electrons. The van der Waals surface area contributed by atoms with E-state index in [9.17, 15) is 0 Å². The van der Waals surface area contributed by atoms with Crippen LogP contribution in [0.3, 0.4) is 0 Å². The van der Waals surface area contributed by atoms with E-state index in [1.807, 2.05) is 12.1 Å². The van der Waals surface area contributed by atoms with Crippen LogP contribution in [0.25, 0.3) is 0 Å². The Balaban J connectivity index is 1.91. The van der Waals surface area contributed by atoms with Crippen LogP contribution in [0.1, 0.15) is 18.9 Å². The summed E-state index contributed by atoms with van der Waals surface area (Å²) in [4.78, 5) is 0. The van der Waals surface area contributed by atoms with Crippen molar-refractivity contribution in [1.82, 2.24) is 0 Å². The van der Waals surface area contributed by atoms with Gasteiger partial charge in [-0.05, 0) is 12.0 Å². The van der Waals surface area contributed by atoms with E-state index < -0.39 is 0 Å². The van der Waals surface area contributed by atoms with E-state index in [1.54, 1.807) is 0 Å². The van der Waals surface area contributed by atoms with Gasteiger partial charge in [-0.15, -0.1) is 0 Å². The second-order valence-electron chi connectivity index (χ2n) is 4.42. The van der Waals surface area contributed by atoms with Crippen LogP contribution in [0.4, 0.5) is 0 Å². The van der Waals surface area contributed by atoms with Gasteiger partial charge in [0.1, 0.15) is 5.75 Å². The summed E-state index contributed by atoms with van der Waals surface area (Å²) in [6.45, 7) is 3.04. The van der Waals surface area contributed by atoms with Gasteiger partial charge >= 0.3 is 0 Å². The number of ether oxygens (including phenoxy) is 2. The zero-order valence-electron chi connectivity index (χ0n) is 8.32. The molecular weight excluding hydrogens is 176 g/mol. The van der Waals surface area contributed by atoms with Crippen LogP contribution in [-0.4, -0.2) is 12.4 Å². The molecule has 0 bridgehead atoms. The van der Waals surface area contributed by atoms with Gasteiger partial charge in [-0.3, -0.25) is 0 Å². The highest BCUT2D eigenvalue weighted by Gasteiger charge is 2.45. The molecule has 0 aromatic heterocycles. The first-order chi connectivity index (χ1) is 6.77. The molecule has 1 fully saturated rings. The molecule has 2 heteroatoms. The Morgan fingerprint density at radius 3 is 2.93 bits per heavy atom. The van der Waals surface area contributed by atoms with Gasteiger partial charge in [-0.25, -0.2) is 0 Å². The SMILES string of the molecule is C[C@@H]1CO[C@]2(Cc3ccccc3O2)C1. The minimum absolute atomic E-state index is 0.330. The molecule has 2 aliphatic heterocycles. The summed E-state index contributed by atoms with van der Waals surface area (Å²) in [5, 5.41) is 0. The predicted octanol–water partition coefficient (Wildman–Crippen LogP) is 2.37. The summed E-state index contributed by atoms with van der Waals surface area (Å²) in [5.41, 5.74) is 1.28. The number of hydrogen-bond acceptors (Lipinski definition) is 2. The smallest absolute Gasteiger partial charge is 0.215 e. The molecule has 0 unspecified atom stereocenters. The van der Waals surface area contributed by atoms with Crippen LogP contribution in [0.2, 0.25) is 0 Å². The highest BCUT2D eigenvalue weighted by Crippen LogP contribution is 2.42. The van der Waals surface area contributed by atoms with Crippen molar-refractivity contribution in [3.63, 3.8) is 0 Å². The molecule has 1 aromatic carbocycles. The van der Waals surface area contributed by atoms with Crippen molar-refractivity contribution in [3.8, 4) is 5.75 Å². The molecule has 1 spiro atoms. The van der Waals surface area contributed by atoms with Crippen molar-refractivity contribution < 1.29 is 9.47 Å². The average Bonchev–Trinajstić information content (AvgIpc) is 2.69. The molecule has 2 atom stereocenters. The van der Waals surface area contributed by atoms with Gasteiger partial charge in [0, 0.05) is 18.4 Å². The molecule has 74 valence electrons. The third-order valence-corrected chi connectivity index (χ3v) is 3.02. The van der Waals surface area contributed by atoms with Gasteiger partial charge in [-0.1, -0.05) is 25.1 Å². The van der Waals surface area contributed by atoms with E-state index in [2.05, 4.69) is 19.1 Å². The maximum Gasteiger partial charge on any atom is 0.215 e. The van der Waals surface area contributed by atoms with Crippen molar-refractivity contribution in [2.24, 2.45) is 5.92 Å². The van der Waals surface area contributed by atoms with Crippen LogP contribution >= 0.6 is 0 Å². The van der Waals surface area contributed by atoms with Gasteiger partial charge in [0.15, 0.2) is 0 Å². The maximum absolute atomic E-state index is 5.90. The molecule has 1 aromatic rings. The van der Waals surface area contributed by atoms with Gasteiger partial charge < -0.3 is 9.47 Å². The van der Waals surface area contributed by atoms with Gasteiger partial charge in [0.2, 0.25) is 5.79 Å². The summed E-state index contributed by atoms with van der Waals surface area (Å²) in [6.07, 6.45) is 1.93. The second-order valence-corrected chi connectivity index (χ2v) is 4.42. The Morgan fingerprint density at radius 1 is 1.36 bits per heavy atom. The minimum Gasteiger partial charge on any atom is -0.462 e. The molecule has 3 rings (SSSR count). The van der Waals surface area contributed by atoms with Crippen LogP contribution in [0.5, 0.6) is 5.75 Å². The number of rotatable bonds is 0. The van der Waals surface area contributed by atoms with E-state index in [-0.39, 0.29) is 5.79 Å². The molecule has 2 heterocycles.